The van der Waals surface area contributed by atoms with Gasteiger partial charge in [0.25, 0.3) is 0 Å². The first kappa shape index (κ1) is 9.15. The number of rotatable bonds is 3. The number of nitrogens with one attached hydrogen (secondary N) is 1. The maximum atomic E-state index is 11.4. The summed E-state index contributed by atoms with van der Waals surface area (Å²) in [5.41, 5.74) is 0.568. The van der Waals surface area contributed by atoms with Crippen LogP contribution in [0.5, 0.6) is 0 Å². The molecule has 1 aliphatic carbocycles. The second-order valence-electron chi connectivity index (χ2n) is 3.44. The highest BCUT2D eigenvalue weighted by atomic mass is 16.3. The Bertz CT molecular complexity index is 348. The molecule has 0 aromatic carbocycles. The maximum Gasteiger partial charge on any atom is 0.228 e. The molecule has 0 atom stereocenters. The lowest BCUT2D eigenvalue weighted by molar-refractivity contribution is -0.117. The van der Waals surface area contributed by atoms with Crippen LogP contribution in [0.3, 0.4) is 0 Å². The lowest BCUT2D eigenvalue weighted by Gasteiger charge is -2.03. The van der Waals surface area contributed by atoms with Gasteiger partial charge in [0.15, 0.2) is 0 Å². The molecule has 1 aromatic heterocycles. The fraction of sp³-hybridized carbons (Fsp3) is 0.400. The molecule has 1 saturated carbocycles. The van der Waals surface area contributed by atoms with Crippen LogP contribution in [0.2, 0.25) is 0 Å². The molecule has 0 radical (unpaired) electrons. The van der Waals surface area contributed by atoms with Crippen LogP contribution in [-0.2, 0) is 11.4 Å². The molecule has 0 aliphatic heterocycles. The van der Waals surface area contributed by atoms with Crippen molar-refractivity contribution < 1.29 is 9.90 Å². The summed E-state index contributed by atoms with van der Waals surface area (Å²) in [7, 11) is 0. The second-order valence-corrected chi connectivity index (χ2v) is 3.44. The van der Waals surface area contributed by atoms with Gasteiger partial charge in [-0.2, -0.15) is 0 Å². The zero-order valence-electron chi connectivity index (χ0n) is 7.73. The molecular formula is C10H12N2O2. The lowest BCUT2D eigenvalue weighted by Crippen LogP contribution is -2.14. The van der Waals surface area contributed by atoms with E-state index in [1.807, 2.05) is 0 Å². The number of amides is 1. The number of aliphatic hydroxyl groups excluding tert-OH is 1. The number of anilines is 1. The van der Waals surface area contributed by atoms with Crippen LogP contribution in [0.4, 0.5) is 5.82 Å². The molecule has 1 fully saturated rings. The van der Waals surface area contributed by atoms with Crippen LogP contribution in [-0.4, -0.2) is 16.0 Å². The van der Waals surface area contributed by atoms with Crippen LogP contribution in [0.1, 0.15) is 18.5 Å². The predicted molar refractivity (Wildman–Crippen MR) is 51.5 cm³/mol. The summed E-state index contributed by atoms with van der Waals surface area (Å²) in [4.78, 5) is 15.4. The molecular weight excluding hydrogens is 180 g/mol. The smallest absolute Gasteiger partial charge is 0.228 e. The first-order valence-electron chi connectivity index (χ1n) is 4.67. The van der Waals surface area contributed by atoms with E-state index in [2.05, 4.69) is 10.3 Å². The first-order chi connectivity index (χ1) is 6.79. The summed E-state index contributed by atoms with van der Waals surface area (Å²) >= 11 is 0. The molecule has 1 aromatic rings. The highest BCUT2D eigenvalue weighted by molar-refractivity contribution is 5.93. The lowest BCUT2D eigenvalue weighted by atomic mass is 10.3. The van der Waals surface area contributed by atoms with E-state index in [1.165, 1.54) is 0 Å². The highest BCUT2D eigenvalue weighted by Gasteiger charge is 2.29. The van der Waals surface area contributed by atoms with Gasteiger partial charge in [-0.3, -0.25) is 4.79 Å². The Morgan fingerprint density at radius 2 is 2.36 bits per heavy atom. The van der Waals surface area contributed by atoms with E-state index < -0.39 is 0 Å². The Morgan fingerprint density at radius 1 is 1.57 bits per heavy atom. The van der Waals surface area contributed by atoms with Gasteiger partial charge in [0.05, 0.1) is 12.3 Å². The Hall–Kier alpha value is -1.42. The van der Waals surface area contributed by atoms with Gasteiger partial charge in [0.1, 0.15) is 5.82 Å². The standard InChI is InChI=1S/C10H12N2O2/c13-6-8-2-1-3-9(11-8)12-10(14)7-4-5-7/h1-3,7,13H,4-6H2,(H,11,12,14). The molecule has 2 N–H and O–H groups in total. The second kappa shape index (κ2) is 3.75. The zero-order chi connectivity index (χ0) is 9.97. The summed E-state index contributed by atoms with van der Waals surface area (Å²) in [6.07, 6.45) is 1.96. The van der Waals surface area contributed by atoms with E-state index in [0.29, 0.717) is 11.5 Å². The minimum atomic E-state index is -0.104. The van der Waals surface area contributed by atoms with Crippen LogP contribution in [0, 0.1) is 5.92 Å². The third-order valence-electron chi connectivity index (χ3n) is 2.17. The van der Waals surface area contributed by atoms with Crippen molar-refractivity contribution in [3.05, 3.63) is 23.9 Å². The molecule has 0 saturated heterocycles. The van der Waals surface area contributed by atoms with Crippen molar-refractivity contribution in [1.29, 1.82) is 0 Å². The number of hydrogen-bond donors (Lipinski definition) is 2. The summed E-state index contributed by atoms with van der Waals surface area (Å²) in [5.74, 6) is 0.732. The molecule has 2 rings (SSSR count). The fourth-order valence-electron chi connectivity index (χ4n) is 1.21. The first-order valence-corrected chi connectivity index (χ1v) is 4.67. The van der Waals surface area contributed by atoms with Crippen molar-refractivity contribution >= 4 is 11.7 Å². The highest BCUT2D eigenvalue weighted by Crippen LogP contribution is 2.29. The van der Waals surface area contributed by atoms with Crippen molar-refractivity contribution in [3.63, 3.8) is 0 Å². The van der Waals surface area contributed by atoms with Crippen molar-refractivity contribution in [2.45, 2.75) is 19.4 Å². The number of aromatic nitrogens is 1. The number of pyridine rings is 1. The molecule has 1 heterocycles. The van der Waals surface area contributed by atoms with E-state index in [-0.39, 0.29) is 18.4 Å². The van der Waals surface area contributed by atoms with Crippen molar-refractivity contribution in [2.75, 3.05) is 5.32 Å². The van der Waals surface area contributed by atoms with Crippen molar-refractivity contribution in [2.24, 2.45) is 5.92 Å². The number of nitrogens with zero attached hydrogens (tertiary/aromatic N) is 1. The van der Waals surface area contributed by atoms with E-state index in [9.17, 15) is 4.79 Å². The Kier molecular flexibility index (Phi) is 2.45. The van der Waals surface area contributed by atoms with Gasteiger partial charge in [-0.1, -0.05) is 6.07 Å². The van der Waals surface area contributed by atoms with Crippen LogP contribution >= 0.6 is 0 Å². The third kappa shape index (κ3) is 2.09. The monoisotopic (exact) mass is 192 g/mol. The molecule has 74 valence electrons. The molecule has 4 heteroatoms. The van der Waals surface area contributed by atoms with Gasteiger partial charge in [-0.05, 0) is 25.0 Å². The SMILES string of the molecule is O=C(Nc1cccc(CO)n1)C1CC1. The van der Waals surface area contributed by atoms with Gasteiger partial charge in [0, 0.05) is 5.92 Å². The van der Waals surface area contributed by atoms with Gasteiger partial charge < -0.3 is 10.4 Å². The number of hydrogen-bond acceptors (Lipinski definition) is 3. The van der Waals surface area contributed by atoms with E-state index in [0.717, 1.165) is 12.8 Å². The van der Waals surface area contributed by atoms with E-state index in [4.69, 9.17) is 5.11 Å². The summed E-state index contributed by atoms with van der Waals surface area (Å²) in [6.45, 7) is -0.104. The zero-order valence-corrected chi connectivity index (χ0v) is 7.73. The van der Waals surface area contributed by atoms with Crippen molar-refractivity contribution in [1.82, 2.24) is 4.98 Å². The Morgan fingerprint density at radius 3 is 3.00 bits per heavy atom. The predicted octanol–water partition coefficient (Wildman–Crippen LogP) is 0.922. The quantitative estimate of drug-likeness (QED) is 0.748. The van der Waals surface area contributed by atoms with E-state index >= 15 is 0 Å². The molecule has 1 amide bonds. The minimum Gasteiger partial charge on any atom is -0.390 e. The minimum absolute atomic E-state index is 0.0348. The van der Waals surface area contributed by atoms with Gasteiger partial charge in [-0.15, -0.1) is 0 Å². The van der Waals surface area contributed by atoms with Crippen LogP contribution < -0.4 is 5.32 Å². The molecule has 0 bridgehead atoms. The fourth-order valence-corrected chi connectivity index (χ4v) is 1.21. The Labute approximate surface area is 82.0 Å². The van der Waals surface area contributed by atoms with Gasteiger partial charge >= 0.3 is 0 Å². The summed E-state index contributed by atoms with van der Waals surface area (Å²) in [5, 5.41) is 11.6. The van der Waals surface area contributed by atoms with E-state index in [1.54, 1.807) is 18.2 Å². The van der Waals surface area contributed by atoms with Crippen molar-refractivity contribution in [3.8, 4) is 0 Å². The van der Waals surface area contributed by atoms with Crippen LogP contribution in [0.15, 0.2) is 18.2 Å². The molecule has 0 spiro atoms. The van der Waals surface area contributed by atoms with Gasteiger partial charge in [0.2, 0.25) is 5.91 Å². The average Bonchev–Trinajstić information content (AvgIpc) is 3.01. The third-order valence-corrected chi connectivity index (χ3v) is 2.17. The molecule has 4 nitrogen and oxygen atoms in total. The number of aliphatic hydroxyl groups is 1. The summed E-state index contributed by atoms with van der Waals surface area (Å²) < 4.78 is 0. The number of carbonyl (C=O) groups excluding carboxylic acids is 1. The topological polar surface area (TPSA) is 62.2 Å². The largest absolute Gasteiger partial charge is 0.390 e. The van der Waals surface area contributed by atoms with Gasteiger partial charge in [-0.25, -0.2) is 4.98 Å². The molecule has 1 aliphatic rings. The van der Waals surface area contributed by atoms with Crippen LogP contribution in [0.25, 0.3) is 0 Å². The normalized spacial score (nSPS) is 15.2. The number of carbonyl (C=O) groups is 1. The average molecular weight is 192 g/mol. The summed E-state index contributed by atoms with van der Waals surface area (Å²) in [6, 6.07) is 5.20. The molecule has 14 heavy (non-hydrogen) atoms. The maximum absolute atomic E-state index is 11.4. The Balaban J connectivity index is 2.04. The molecule has 0 unspecified atom stereocenters.